The van der Waals surface area contributed by atoms with Crippen molar-refractivity contribution in [3.05, 3.63) is 0 Å². The van der Waals surface area contributed by atoms with Crippen molar-refractivity contribution in [2.24, 2.45) is 5.92 Å². The van der Waals surface area contributed by atoms with Gasteiger partial charge in [-0.15, -0.1) is 0 Å². The number of aliphatic hydroxyl groups excluding tert-OH is 2. The molecule has 1 saturated heterocycles. The molecule has 1 saturated carbocycles. The van der Waals surface area contributed by atoms with Gasteiger partial charge in [-0.1, -0.05) is 19.3 Å². The highest BCUT2D eigenvalue weighted by Gasteiger charge is 2.34. The van der Waals surface area contributed by atoms with Crippen molar-refractivity contribution in [2.45, 2.75) is 57.4 Å². The third-order valence-corrected chi connectivity index (χ3v) is 4.33. The maximum Gasteiger partial charge on any atom is 0.134 e. The quantitative estimate of drug-likeness (QED) is 0.676. The Morgan fingerprint density at radius 1 is 1.18 bits per heavy atom. The van der Waals surface area contributed by atoms with E-state index in [1.54, 1.807) is 0 Å². The van der Waals surface area contributed by atoms with Crippen LogP contribution in [-0.2, 0) is 0 Å². The predicted octanol–water partition coefficient (Wildman–Crippen LogP) is 0.540. The molecule has 100 valence electrons. The Hall–Kier alpha value is -0.160. The van der Waals surface area contributed by atoms with Gasteiger partial charge in [0, 0.05) is 25.7 Å². The largest absolute Gasteiger partial charge is 0.389 e. The fourth-order valence-electron chi connectivity index (χ4n) is 3.17. The smallest absolute Gasteiger partial charge is 0.134 e. The Bertz CT molecular complexity index is 231. The number of aliphatic hydroxyl groups is 2. The zero-order valence-corrected chi connectivity index (χ0v) is 10.8. The van der Waals surface area contributed by atoms with Gasteiger partial charge in [0.25, 0.3) is 0 Å². The fraction of sp³-hybridized carbons (Fsp3) is 1.00. The van der Waals surface area contributed by atoms with Crippen molar-refractivity contribution in [1.82, 2.24) is 10.2 Å². The van der Waals surface area contributed by atoms with Crippen LogP contribution in [0.4, 0.5) is 0 Å². The van der Waals surface area contributed by atoms with Crippen molar-refractivity contribution >= 4 is 0 Å². The molecule has 0 aromatic heterocycles. The molecule has 4 nitrogen and oxygen atoms in total. The lowest BCUT2D eigenvalue weighted by atomic mass is 9.84. The minimum Gasteiger partial charge on any atom is -0.389 e. The summed E-state index contributed by atoms with van der Waals surface area (Å²) in [5.41, 5.74) is 0. The van der Waals surface area contributed by atoms with Crippen LogP contribution in [0.2, 0.25) is 0 Å². The summed E-state index contributed by atoms with van der Waals surface area (Å²) in [4.78, 5) is 2.04. The molecule has 2 aliphatic rings. The van der Waals surface area contributed by atoms with Crippen molar-refractivity contribution in [3.8, 4) is 0 Å². The van der Waals surface area contributed by atoms with Gasteiger partial charge < -0.3 is 15.5 Å². The highest BCUT2D eigenvalue weighted by Crippen LogP contribution is 2.29. The fourth-order valence-corrected chi connectivity index (χ4v) is 3.17. The summed E-state index contributed by atoms with van der Waals surface area (Å²) in [5.74, 6) is 0.292. The van der Waals surface area contributed by atoms with Crippen LogP contribution in [0, 0.1) is 5.92 Å². The van der Waals surface area contributed by atoms with Gasteiger partial charge in [-0.2, -0.15) is 0 Å². The maximum atomic E-state index is 10.3. The molecule has 1 aliphatic carbocycles. The first-order chi connectivity index (χ1) is 8.20. The third kappa shape index (κ3) is 3.19. The third-order valence-electron chi connectivity index (χ3n) is 4.33. The molecule has 3 N–H and O–H groups in total. The first-order valence-corrected chi connectivity index (χ1v) is 7.02. The molecule has 0 bridgehead atoms. The van der Waals surface area contributed by atoms with Crippen molar-refractivity contribution in [3.63, 3.8) is 0 Å². The Labute approximate surface area is 104 Å². The molecule has 1 aliphatic heterocycles. The van der Waals surface area contributed by atoms with E-state index in [9.17, 15) is 10.2 Å². The number of hydrogen-bond acceptors (Lipinski definition) is 4. The van der Waals surface area contributed by atoms with Gasteiger partial charge in [-0.05, 0) is 25.7 Å². The van der Waals surface area contributed by atoms with E-state index in [2.05, 4.69) is 12.2 Å². The second-order valence-corrected chi connectivity index (χ2v) is 5.59. The van der Waals surface area contributed by atoms with Gasteiger partial charge in [-0.3, -0.25) is 4.90 Å². The van der Waals surface area contributed by atoms with Crippen LogP contribution in [-0.4, -0.2) is 53.1 Å². The summed E-state index contributed by atoms with van der Waals surface area (Å²) >= 11 is 0. The summed E-state index contributed by atoms with van der Waals surface area (Å²) in [6.45, 7) is 4.72. The molecule has 0 aromatic carbocycles. The highest BCUT2D eigenvalue weighted by atomic mass is 16.3. The topological polar surface area (TPSA) is 55.7 Å². The predicted molar refractivity (Wildman–Crippen MR) is 67.6 cm³/mol. The standard InChI is InChI=1S/C13H26N2O2/c1-10-9-14-7-8-15(10)13(17)12(16)11-5-3-2-4-6-11/h10-14,16-17H,2-9H2,1H3/t10-,12?,13?/m0/s1. The van der Waals surface area contributed by atoms with Crippen LogP contribution in [0.25, 0.3) is 0 Å². The molecule has 17 heavy (non-hydrogen) atoms. The zero-order valence-electron chi connectivity index (χ0n) is 10.8. The maximum absolute atomic E-state index is 10.3. The number of nitrogens with zero attached hydrogens (tertiary/aromatic N) is 1. The lowest BCUT2D eigenvalue weighted by Crippen LogP contribution is -2.58. The molecule has 4 heteroatoms. The highest BCUT2D eigenvalue weighted by molar-refractivity contribution is 4.84. The van der Waals surface area contributed by atoms with E-state index in [1.165, 1.54) is 19.3 Å². The van der Waals surface area contributed by atoms with Crippen molar-refractivity contribution in [2.75, 3.05) is 19.6 Å². The molecule has 3 atom stereocenters. The Balaban J connectivity index is 1.90. The summed E-state index contributed by atoms with van der Waals surface area (Å²) in [6.07, 6.45) is 4.56. The van der Waals surface area contributed by atoms with Crippen LogP contribution in [0.15, 0.2) is 0 Å². The average Bonchev–Trinajstić information content (AvgIpc) is 2.39. The lowest BCUT2D eigenvalue weighted by molar-refractivity contribution is -0.126. The van der Waals surface area contributed by atoms with Gasteiger partial charge in [-0.25, -0.2) is 0 Å². The van der Waals surface area contributed by atoms with Crippen LogP contribution >= 0.6 is 0 Å². The monoisotopic (exact) mass is 242 g/mol. The van der Waals surface area contributed by atoms with Gasteiger partial charge in [0.05, 0.1) is 6.10 Å². The van der Waals surface area contributed by atoms with Gasteiger partial charge in [0.2, 0.25) is 0 Å². The van der Waals surface area contributed by atoms with E-state index in [0.717, 1.165) is 32.5 Å². The SMILES string of the molecule is C[C@H]1CNCCN1C(O)C(O)C1CCCCC1. The molecule has 0 amide bonds. The molecule has 2 rings (SSSR count). The van der Waals surface area contributed by atoms with E-state index >= 15 is 0 Å². The molecule has 1 heterocycles. The van der Waals surface area contributed by atoms with Gasteiger partial charge in [0.15, 0.2) is 0 Å². The molecule has 2 fully saturated rings. The summed E-state index contributed by atoms with van der Waals surface area (Å²) < 4.78 is 0. The first-order valence-electron chi connectivity index (χ1n) is 7.02. The minimum absolute atomic E-state index is 0.292. The van der Waals surface area contributed by atoms with Crippen LogP contribution in [0.5, 0.6) is 0 Å². The van der Waals surface area contributed by atoms with Crippen LogP contribution in [0.1, 0.15) is 39.0 Å². The number of piperazine rings is 1. The van der Waals surface area contributed by atoms with E-state index in [-0.39, 0.29) is 0 Å². The molecule has 0 aromatic rings. The van der Waals surface area contributed by atoms with Gasteiger partial charge >= 0.3 is 0 Å². The second-order valence-electron chi connectivity index (χ2n) is 5.59. The number of nitrogens with one attached hydrogen (secondary N) is 1. The van der Waals surface area contributed by atoms with Crippen molar-refractivity contribution < 1.29 is 10.2 Å². The second kappa shape index (κ2) is 6.14. The number of rotatable bonds is 3. The van der Waals surface area contributed by atoms with E-state index < -0.39 is 12.3 Å². The molecular formula is C13H26N2O2. The summed E-state index contributed by atoms with van der Waals surface area (Å²) in [5, 5.41) is 23.9. The van der Waals surface area contributed by atoms with Crippen LogP contribution in [0.3, 0.4) is 0 Å². The molecular weight excluding hydrogens is 216 g/mol. The van der Waals surface area contributed by atoms with E-state index in [1.807, 2.05) is 4.90 Å². The van der Waals surface area contributed by atoms with Crippen molar-refractivity contribution in [1.29, 1.82) is 0 Å². The van der Waals surface area contributed by atoms with Crippen LogP contribution < -0.4 is 5.32 Å². The average molecular weight is 242 g/mol. The zero-order chi connectivity index (χ0) is 12.3. The normalized spacial score (nSPS) is 32.3. The first kappa shape index (κ1) is 13.3. The Kier molecular flexibility index (Phi) is 4.79. The molecule has 0 spiro atoms. The van der Waals surface area contributed by atoms with E-state index in [4.69, 9.17) is 0 Å². The Morgan fingerprint density at radius 3 is 2.53 bits per heavy atom. The summed E-state index contributed by atoms with van der Waals surface area (Å²) in [7, 11) is 0. The van der Waals surface area contributed by atoms with E-state index in [0.29, 0.717) is 12.0 Å². The molecule has 2 unspecified atom stereocenters. The Morgan fingerprint density at radius 2 is 1.88 bits per heavy atom. The summed E-state index contributed by atoms with van der Waals surface area (Å²) in [6, 6.07) is 0.303. The van der Waals surface area contributed by atoms with Gasteiger partial charge in [0.1, 0.15) is 6.23 Å². The number of hydrogen-bond donors (Lipinski definition) is 3. The molecule has 0 radical (unpaired) electrons. The lowest BCUT2D eigenvalue weighted by Gasteiger charge is -2.41. The minimum atomic E-state index is -0.685.